The summed E-state index contributed by atoms with van der Waals surface area (Å²) in [6.45, 7) is 0. The van der Waals surface area contributed by atoms with E-state index >= 15 is 0 Å². The van der Waals surface area contributed by atoms with E-state index in [1.807, 2.05) is 0 Å². The second-order valence-corrected chi connectivity index (χ2v) is 5.20. The zero-order chi connectivity index (χ0) is 17.5. The maximum Gasteiger partial charge on any atom is 0.416 e. The molecule has 1 aliphatic rings. The molecule has 0 saturated carbocycles. The summed E-state index contributed by atoms with van der Waals surface area (Å²) >= 11 is 0. The minimum absolute atomic E-state index is 0.0643. The predicted molar refractivity (Wildman–Crippen MR) is 80.0 cm³/mol. The van der Waals surface area contributed by atoms with E-state index < -0.39 is 23.7 Å². The number of aromatic nitrogens is 1. The number of likely N-dealkylation sites (N-methyl/N-ethyl adjacent to an activating group) is 1. The lowest BCUT2D eigenvalue weighted by Crippen LogP contribution is -2.25. The number of hydrogen-bond donors (Lipinski definition) is 1. The molecule has 2 aromatic rings. The van der Waals surface area contributed by atoms with Gasteiger partial charge in [0.15, 0.2) is 0 Å². The fraction of sp³-hybridized carbons (Fsp3) is 0.125. The molecule has 24 heavy (non-hydrogen) atoms. The minimum Gasteiger partial charge on any atom is -0.317 e. The highest BCUT2D eigenvalue weighted by molar-refractivity contribution is 6.13. The Balaban J connectivity index is 2.01. The van der Waals surface area contributed by atoms with Crippen molar-refractivity contribution in [2.24, 2.45) is 0 Å². The summed E-state index contributed by atoms with van der Waals surface area (Å²) in [6.07, 6.45) is -1.45. The molecular weight excluding hydrogens is 323 g/mol. The molecule has 1 aromatic carbocycles. The maximum absolute atomic E-state index is 12.9. The van der Waals surface area contributed by atoms with Crippen molar-refractivity contribution in [3.8, 4) is 5.69 Å². The Morgan fingerprint density at radius 1 is 1.12 bits per heavy atom. The van der Waals surface area contributed by atoms with Crippen LogP contribution in [-0.4, -0.2) is 28.5 Å². The van der Waals surface area contributed by atoms with Crippen LogP contribution in [0.4, 0.5) is 18.0 Å². The van der Waals surface area contributed by atoms with Gasteiger partial charge >= 0.3 is 12.2 Å². The third-order valence-electron chi connectivity index (χ3n) is 3.61. The lowest BCUT2D eigenvalue weighted by Gasteiger charge is -2.11. The van der Waals surface area contributed by atoms with Crippen molar-refractivity contribution in [3.63, 3.8) is 0 Å². The second kappa shape index (κ2) is 5.55. The summed E-state index contributed by atoms with van der Waals surface area (Å²) in [5.74, 6) is -0.503. The van der Waals surface area contributed by atoms with Crippen LogP contribution in [0.15, 0.2) is 48.3 Å². The van der Waals surface area contributed by atoms with Gasteiger partial charge in [-0.3, -0.25) is 9.69 Å². The normalized spacial score (nSPS) is 16.8. The van der Waals surface area contributed by atoms with Crippen molar-refractivity contribution in [2.75, 3.05) is 7.05 Å². The van der Waals surface area contributed by atoms with Gasteiger partial charge in [0.25, 0.3) is 5.91 Å². The lowest BCUT2D eigenvalue weighted by molar-refractivity contribution is -0.137. The number of carbonyl (C=O) groups is 2. The highest BCUT2D eigenvalue weighted by Gasteiger charge is 2.31. The van der Waals surface area contributed by atoms with Gasteiger partial charge in [-0.1, -0.05) is 6.07 Å². The zero-order valence-corrected chi connectivity index (χ0v) is 12.5. The first-order chi connectivity index (χ1) is 11.3. The van der Waals surface area contributed by atoms with Gasteiger partial charge in [-0.25, -0.2) is 4.79 Å². The van der Waals surface area contributed by atoms with Gasteiger partial charge in [0.05, 0.1) is 5.56 Å². The largest absolute Gasteiger partial charge is 0.416 e. The van der Waals surface area contributed by atoms with E-state index in [1.54, 1.807) is 18.3 Å². The molecule has 5 nitrogen and oxygen atoms in total. The molecule has 1 aliphatic heterocycles. The first-order valence-electron chi connectivity index (χ1n) is 6.93. The second-order valence-electron chi connectivity index (χ2n) is 5.20. The average Bonchev–Trinajstić information content (AvgIpc) is 3.08. The van der Waals surface area contributed by atoms with E-state index in [4.69, 9.17) is 0 Å². The Labute approximate surface area is 135 Å². The van der Waals surface area contributed by atoms with Crippen molar-refractivity contribution in [1.29, 1.82) is 0 Å². The number of urea groups is 1. The molecule has 3 rings (SSSR count). The van der Waals surface area contributed by atoms with Crippen molar-refractivity contribution in [1.82, 2.24) is 14.8 Å². The van der Waals surface area contributed by atoms with Crippen molar-refractivity contribution < 1.29 is 22.8 Å². The number of nitrogens with zero attached hydrogens (tertiary/aromatic N) is 2. The molecule has 8 heteroatoms. The van der Waals surface area contributed by atoms with E-state index in [9.17, 15) is 22.8 Å². The molecule has 0 unspecified atom stereocenters. The van der Waals surface area contributed by atoms with Crippen LogP contribution in [0.2, 0.25) is 0 Å². The van der Waals surface area contributed by atoms with Gasteiger partial charge in [0.2, 0.25) is 0 Å². The molecule has 2 heterocycles. The molecule has 1 N–H and O–H groups in total. The zero-order valence-electron chi connectivity index (χ0n) is 12.5. The smallest absolute Gasteiger partial charge is 0.317 e. The van der Waals surface area contributed by atoms with Gasteiger partial charge in [-0.2, -0.15) is 13.2 Å². The molecule has 0 radical (unpaired) electrons. The van der Waals surface area contributed by atoms with Crippen LogP contribution < -0.4 is 5.32 Å². The molecule has 0 spiro atoms. The predicted octanol–water partition coefficient (Wildman–Crippen LogP) is 3.02. The number of alkyl halides is 3. The van der Waals surface area contributed by atoms with E-state index in [2.05, 4.69) is 5.32 Å². The van der Waals surface area contributed by atoms with Gasteiger partial charge in [-0.05, 0) is 36.4 Å². The molecule has 0 atom stereocenters. The Kier molecular flexibility index (Phi) is 3.67. The first-order valence-corrected chi connectivity index (χ1v) is 6.93. The van der Waals surface area contributed by atoms with Crippen molar-refractivity contribution in [3.05, 3.63) is 59.5 Å². The molecular formula is C16H12F3N3O2. The summed E-state index contributed by atoms with van der Waals surface area (Å²) in [6, 6.07) is 7.56. The molecule has 0 bridgehead atoms. The number of nitrogens with one attached hydrogen (secondary N) is 1. The number of halogens is 3. The van der Waals surface area contributed by atoms with Crippen LogP contribution in [0.1, 0.15) is 11.3 Å². The van der Waals surface area contributed by atoms with Crippen LogP contribution in [-0.2, 0) is 11.0 Å². The maximum atomic E-state index is 12.9. The fourth-order valence-electron chi connectivity index (χ4n) is 2.35. The molecule has 0 aliphatic carbocycles. The van der Waals surface area contributed by atoms with Gasteiger partial charge in [0, 0.05) is 24.6 Å². The first kappa shape index (κ1) is 15.9. The number of hydrogen-bond acceptors (Lipinski definition) is 2. The number of carbonyl (C=O) groups excluding carboxylic acids is 2. The molecule has 1 fully saturated rings. The number of rotatable bonds is 2. The number of imide groups is 1. The van der Waals surface area contributed by atoms with Crippen LogP contribution in [0, 0.1) is 0 Å². The van der Waals surface area contributed by atoms with E-state index in [1.165, 1.54) is 29.8 Å². The third-order valence-corrected chi connectivity index (χ3v) is 3.61. The number of amides is 3. The average molecular weight is 335 g/mol. The molecule has 1 saturated heterocycles. The van der Waals surface area contributed by atoms with Crippen molar-refractivity contribution in [2.45, 2.75) is 6.18 Å². The topological polar surface area (TPSA) is 54.3 Å². The number of benzene rings is 1. The quantitative estimate of drug-likeness (QED) is 0.677. The van der Waals surface area contributed by atoms with Crippen LogP contribution in [0.5, 0.6) is 0 Å². The Morgan fingerprint density at radius 3 is 2.50 bits per heavy atom. The van der Waals surface area contributed by atoms with E-state index in [-0.39, 0.29) is 5.70 Å². The Hall–Kier alpha value is -3.03. The SMILES string of the molecule is CN1C(=O)N/C(=C/c2cccn2-c2cccc(C(F)(F)F)c2)C1=O. The standard InChI is InChI=1S/C16H12F3N3O2/c1-21-14(23)13(20-15(21)24)9-12-6-3-7-22(12)11-5-2-4-10(8-11)16(17,18)19/h2-9H,1H3,(H,20,24)/b13-9+. The molecule has 1 aromatic heterocycles. The monoisotopic (exact) mass is 335 g/mol. The Bertz CT molecular complexity index is 852. The van der Waals surface area contributed by atoms with Gasteiger partial charge in [-0.15, -0.1) is 0 Å². The summed E-state index contributed by atoms with van der Waals surface area (Å²) in [4.78, 5) is 24.3. The highest BCUT2D eigenvalue weighted by atomic mass is 19.4. The van der Waals surface area contributed by atoms with Crippen LogP contribution in [0.3, 0.4) is 0 Å². The third kappa shape index (κ3) is 2.78. The fourth-order valence-corrected chi connectivity index (χ4v) is 2.35. The summed E-state index contributed by atoms with van der Waals surface area (Å²) in [5, 5.41) is 2.41. The van der Waals surface area contributed by atoms with E-state index in [0.717, 1.165) is 17.0 Å². The summed E-state index contributed by atoms with van der Waals surface area (Å²) in [7, 11) is 1.34. The van der Waals surface area contributed by atoms with Crippen molar-refractivity contribution >= 4 is 18.0 Å². The minimum atomic E-state index is -4.44. The molecule has 124 valence electrons. The molecule has 3 amide bonds. The summed E-state index contributed by atoms with van der Waals surface area (Å²) < 4.78 is 40.1. The van der Waals surface area contributed by atoms with Gasteiger partial charge in [0.1, 0.15) is 5.70 Å². The van der Waals surface area contributed by atoms with E-state index in [0.29, 0.717) is 11.4 Å². The summed E-state index contributed by atoms with van der Waals surface area (Å²) in [5.41, 5.74) is 0.0618. The van der Waals surface area contributed by atoms with Gasteiger partial charge < -0.3 is 9.88 Å². The lowest BCUT2D eigenvalue weighted by atomic mass is 10.2. The Morgan fingerprint density at radius 2 is 1.88 bits per heavy atom. The van der Waals surface area contributed by atoms with Crippen LogP contribution in [0.25, 0.3) is 11.8 Å². The van der Waals surface area contributed by atoms with Crippen LogP contribution >= 0.6 is 0 Å². The highest BCUT2D eigenvalue weighted by Crippen LogP contribution is 2.30.